The average Bonchev–Trinajstić information content (AvgIpc) is 3.12. The summed E-state index contributed by atoms with van der Waals surface area (Å²) in [5, 5.41) is 21.9. The minimum Gasteiger partial charge on any atom is -0.441 e. The Bertz CT molecular complexity index is 949. The SMILES string of the molecule is BOCC(O)CN(Cc1ccccc1)c1ccc(/N=N/c2scc[n+]2C)c(C)c1. The van der Waals surface area contributed by atoms with Crippen molar-refractivity contribution >= 4 is 35.9 Å². The lowest BCUT2D eigenvalue weighted by molar-refractivity contribution is -0.654. The number of aryl methyl sites for hydroxylation is 2. The summed E-state index contributed by atoms with van der Waals surface area (Å²) in [5.41, 5.74) is 4.08. The molecule has 0 aliphatic carbocycles. The zero-order valence-corrected chi connectivity index (χ0v) is 17.8. The van der Waals surface area contributed by atoms with Crippen LogP contribution in [0.4, 0.5) is 16.5 Å². The maximum Gasteiger partial charge on any atom is 0.408 e. The fourth-order valence-corrected chi connectivity index (χ4v) is 3.71. The van der Waals surface area contributed by atoms with E-state index in [0.717, 1.165) is 22.1 Å². The van der Waals surface area contributed by atoms with Gasteiger partial charge in [0.2, 0.25) is 0 Å². The van der Waals surface area contributed by atoms with Crippen LogP contribution in [0, 0.1) is 6.92 Å². The van der Waals surface area contributed by atoms with E-state index in [4.69, 9.17) is 4.65 Å². The molecular formula is C21H26BN4O2S+. The summed E-state index contributed by atoms with van der Waals surface area (Å²) < 4.78 is 7.05. The molecule has 0 aliphatic rings. The number of benzene rings is 2. The summed E-state index contributed by atoms with van der Waals surface area (Å²) in [7, 11) is 3.55. The number of azo groups is 1. The Morgan fingerprint density at radius 2 is 2.00 bits per heavy atom. The molecule has 2 aromatic carbocycles. The van der Waals surface area contributed by atoms with Crippen LogP contribution in [0.25, 0.3) is 0 Å². The quantitative estimate of drug-likeness (QED) is 0.335. The van der Waals surface area contributed by atoms with E-state index in [1.54, 1.807) is 19.4 Å². The number of rotatable bonds is 9. The Balaban J connectivity index is 1.82. The Hall–Kier alpha value is -2.55. The topological polar surface area (TPSA) is 61.3 Å². The second kappa shape index (κ2) is 10.3. The average molecular weight is 409 g/mol. The van der Waals surface area contributed by atoms with Gasteiger partial charge in [-0.2, -0.15) is 0 Å². The third-order valence-corrected chi connectivity index (χ3v) is 5.39. The van der Waals surface area contributed by atoms with Crippen LogP contribution in [0.2, 0.25) is 0 Å². The predicted octanol–water partition coefficient (Wildman–Crippen LogP) is 3.23. The number of aromatic nitrogens is 1. The lowest BCUT2D eigenvalue weighted by atomic mass is 10.1. The van der Waals surface area contributed by atoms with Crippen molar-refractivity contribution in [1.29, 1.82) is 0 Å². The standard InChI is InChI=1S/C21H26BN4O2S/c1-16-12-18(8-9-20(16)23-24-21-25(2)10-11-29-21)26(14-19(27)15-28-22)13-17-6-4-3-5-7-17/h3-12,19,27H,13-15,22H2,1-2H3/q+1. The van der Waals surface area contributed by atoms with Crippen LogP contribution in [0.3, 0.4) is 0 Å². The first-order chi connectivity index (χ1) is 14.1. The number of aliphatic hydroxyl groups excluding tert-OH is 1. The van der Waals surface area contributed by atoms with Gasteiger partial charge in [-0.25, -0.2) is 4.57 Å². The molecule has 0 radical (unpaired) electrons. The van der Waals surface area contributed by atoms with Crippen LogP contribution in [-0.4, -0.2) is 32.4 Å². The summed E-state index contributed by atoms with van der Waals surface area (Å²) in [6, 6.07) is 16.3. The second-order valence-electron chi connectivity index (χ2n) is 6.94. The summed E-state index contributed by atoms with van der Waals surface area (Å²) in [4.78, 5) is 2.16. The molecule has 1 unspecified atom stereocenters. The molecule has 29 heavy (non-hydrogen) atoms. The summed E-state index contributed by atoms with van der Waals surface area (Å²) in [6.45, 7) is 3.51. The summed E-state index contributed by atoms with van der Waals surface area (Å²) >= 11 is 1.55. The van der Waals surface area contributed by atoms with Gasteiger partial charge in [-0.15, -0.1) is 0 Å². The number of anilines is 1. The van der Waals surface area contributed by atoms with E-state index >= 15 is 0 Å². The minimum absolute atomic E-state index is 0.300. The fraction of sp³-hybridized carbons (Fsp3) is 0.286. The highest BCUT2D eigenvalue weighted by molar-refractivity contribution is 7.12. The highest BCUT2D eigenvalue weighted by Crippen LogP contribution is 2.28. The molecule has 1 aromatic heterocycles. The smallest absolute Gasteiger partial charge is 0.408 e. The molecule has 0 saturated heterocycles. The van der Waals surface area contributed by atoms with Gasteiger partial charge in [0.25, 0.3) is 8.05 Å². The molecule has 1 heterocycles. The molecule has 0 amide bonds. The second-order valence-corrected chi connectivity index (χ2v) is 7.82. The zero-order valence-electron chi connectivity index (χ0n) is 17.0. The predicted molar refractivity (Wildman–Crippen MR) is 119 cm³/mol. The van der Waals surface area contributed by atoms with Crippen LogP contribution in [0.1, 0.15) is 11.1 Å². The van der Waals surface area contributed by atoms with Crippen LogP contribution in [0.5, 0.6) is 0 Å². The first kappa shape index (κ1) is 21.2. The molecule has 1 N–H and O–H groups in total. The largest absolute Gasteiger partial charge is 0.441 e. The molecule has 3 aromatic rings. The molecule has 6 nitrogen and oxygen atoms in total. The van der Waals surface area contributed by atoms with E-state index in [-0.39, 0.29) is 0 Å². The van der Waals surface area contributed by atoms with Crippen molar-refractivity contribution in [2.24, 2.45) is 17.3 Å². The van der Waals surface area contributed by atoms with E-state index in [9.17, 15) is 5.11 Å². The van der Waals surface area contributed by atoms with Gasteiger partial charge in [-0.05, 0) is 52.7 Å². The monoisotopic (exact) mass is 409 g/mol. The van der Waals surface area contributed by atoms with Crippen LogP contribution in [-0.2, 0) is 18.2 Å². The molecule has 150 valence electrons. The van der Waals surface area contributed by atoms with Crippen molar-refractivity contribution in [3.05, 3.63) is 71.2 Å². The number of thiazole rings is 1. The van der Waals surface area contributed by atoms with Gasteiger partial charge in [0.15, 0.2) is 0 Å². The van der Waals surface area contributed by atoms with E-state index in [2.05, 4.69) is 33.3 Å². The Kier molecular flexibility index (Phi) is 7.52. The van der Waals surface area contributed by atoms with Crippen molar-refractivity contribution in [1.82, 2.24) is 0 Å². The maximum absolute atomic E-state index is 10.3. The third-order valence-electron chi connectivity index (χ3n) is 4.55. The number of hydrogen-bond donors (Lipinski definition) is 1. The maximum atomic E-state index is 10.3. The fourth-order valence-electron chi connectivity index (χ4n) is 3.03. The zero-order chi connectivity index (χ0) is 20.6. The van der Waals surface area contributed by atoms with Gasteiger partial charge in [0, 0.05) is 24.2 Å². The van der Waals surface area contributed by atoms with Crippen molar-refractivity contribution < 1.29 is 14.3 Å². The highest BCUT2D eigenvalue weighted by atomic mass is 32.1. The normalized spacial score (nSPS) is 12.4. The summed E-state index contributed by atoms with van der Waals surface area (Å²) in [5.74, 6) is 0. The van der Waals surface area contributed by atoms with Gasteiger partial charge >= 0.3 is 5.13 Å². The van der Waals surface area contributed by atoms with Crippen molar-refractivity contribution in [3.63, 3.8) is 0 Å². The highest BCUT2D eigenvalue weighted by Gasteiger charge is 2.15. The van der Waals surface area contributed by atoms with E-state index in [1.807, 2.05) is 60.4 Å². The van der Waals surface area contributed by atoms with Gasteiger partial charge in [0.1, 0.15) is 11.9 Å². The van der Waals surface area contributed by atoms with E-state index in [1.165, 1.54) is 5.56 Å². The first-order valence-corrected chi connectivity index (χ1v) is 10.4. The van der Waals surface area contributed by atoms with Crippen LogP contribution < -0.4 is 9.47 Å². The number of nitrogens with zero attached hydrogens (tertiary/aromatic N) is 4. The molecule has 3 rings (SSSR count). The van der Waals surface area contributed by atoms with Crippen LogP contribution in [0.15, 0.2) is 70.3 Å². The lowest BCUT2D eigenvalue weighted by Gasteiger charge is -2.28. The number of hydrogen-bond acceptors (Lipinski definition) is 6. The Morgan fingerprint density at radius 1 is 1.21 bits per heavy atom. The van der Waals surface area contributed by atoms with Crippen LogP contribution >= 0.6 is 11.3 Å². The molecule has 0 spiro atoms. The van der Waals surface area contributed by atoms with Gasteiger partial charge in [-0.3, -0.25) is 0 Å². The van der Waals surface area contributed by atoms with Crippen molar-refractivity contribution in [3.8, 4) is 0 Å². The van der Waals surface area contributed by atoms with Crippen molar-refractivity contribution in [2.45, 2.75) is 19.6 Å². The molecule has 0 aliphatic heterocycles. The van der Waals surface area contributed by atoms with Gasteiger partial charge in [0.05, 0.1) is 24.9 Å². The first-order valence-electron chi connectivity index (χ1n) is 9.48. The molecule has 0 bridgehead atoms. The van der Waals surface area contributed by atoms with Crippen molar-refractivity contribution in [2.75, 3.05) is 18.1 Å². The molecule has 0 saturated carbocycles. The van der Waals surface area contributed by atoms with Gasteiger partial charge in [-0.1, -0.05) is 30.3 Å². The Labute approximate surface area is 176 Å². The third kappa shape index (κ3) is 5.96. The lowest BCUT2D eigenvalue weighted by Crippen LogP contribution is -2.34. The number of aliphatic hydroxyl groups is 1. The summed E-state index contributed by atoms with van der Waals surface area (Å²) in [6.07, 6.45) is 1.39. The molecule has 8 heteroatoms. The van der Waals surface area contributed by atoms with Gasteiger partial charge < -0.3 is 14.7 Å². The minimum atomic E-state index is -0.567. The molecule has 0 fully saturated rings. The molecular weight excluding hydrogens is 383 g/mol. The molecule has 1 atom stereocenters. The Morgan fingerprint density at radius 3 is 2.66 bits per heavy atom. The van der Waals surface area contributed by atoms with E-state index < -0.39 is 6.10 Å². The van der Waals surface area contributed by atoms with E-state index in [0.29, 0.717) is 19.7 Å².